The predicted molar refractivity (Wildman–Crippen MR) is 119 cm³/mol. The van der Waals surface area contributed by atoms with Gasteiger partial charge in [0.05, 0.1) is 5.69 Å². The molecule has 29 heavy (non-hydrogen) atoms. The van der Waals surface area contributed by atoms with E-state index in [9.17, 15) is 4.79 Å². The van der Waals surface area contributed by atoms with Crippen molar-refractivity contribution in [2.75, 3.05) is 11.9 Å². The molecule has 1 aromatic heterocycles. The summed E-state index contributed by atoms with van der Waals surface area (Å²) in [6.07, 6.45) is 0. The van der Waals surface area contributed by atoms with Gasteiger partial charge in [-0.1, -0.05) is 78.3 Å². The standard InChI is InChI=1S/C23H17ClN2O2S/c24-19-12-6-4-11-18(19)20-15-29-23(25-20)26-22(27)14-28-21-13-7-5-10-17(21)16-8-2-1-3-9-16/h1-13,15H,14H2,(H,25,26,27). The monoisotopic (exact) mass is 420 g/mol. The second kappa shape index (κ2) is 8.90. The summed E-state index contributed by atoms with van der Waals surface area (Å²) in [5.41, 5.74) is 3.54. The van der Waals surface area contributed by atoms with Crippen LogP contribution in [0.15, 0.2) is 84.2 Å². The van der Waals surface area contributed by atoms with Crippen LogP contribution in [0.25, 0.3) is 22.4 Å². The number of rotatable bonds is 6. The van der Waals surface area contributed by atoms with Gasteiger partial charge in [0.25, 0.3) is 5.91 Å². The smallest absolute Gasteiger partial charge is 0.264 e. The Bertz CT molecular complexity index is 1130. The Kier molecular flexibility index (Phi) is 5.89. The number of carbonyl (C=O) groups excluding carboxylic acids is 1. The number of benzene rings is 3. The first-order chi connectivity index (χ1) is 14.2. The van der Waals surface area contributed by atoms with Crippen LogP contribution in [0.4, 0.5) is 5.13 Å². The molecule has 4 nitrogen and oxygen atoms in total. The third kappa shape index (κ3) is 4.65. The van der Waals surface area contributed by atoms with E-state index >= 15 is 0 Å². The Labute approximate surface area is 177 Å². The van der Waals surface area contributed by atoms with Gasteiger partial charge in [0.2, 0.25) is 0 Å². The van der Waals surface area contributed by atoms with E-state index in [1.165, 1.54) is 11.3 Å². The lowest BCUT2D eigenvalue weighted by Crippen LogP contribution is -2.20. The van der Waals surface area contributed by atoms with Crippen LogP contribution in [-0.2, 0) is 4.79 Å². The average Bonchev–Trinajstić information content (AvgIpc) is 3.21. The van der Waals surface area contributed by atoms with Gasteiger partial charge in [-0.2, -0.15) is 0 Å². The molecule has 144 valence electrons. The van der Waals surface area contributed by atoms with Crippen molar-refractivity contribution in [3.8, 4) is 28.1 Å². The zero-order valence-corrected chi connectivity index (χ0v) is 16.9. The van der Waals surface area contributed by atoms with Gasteiger partial charge in [-0.3, -0.25) is 10.1 Å². The van der Waals surface area contributed by atoms with E-state index in [0.717, 1.165) is 22.4 Å². The first-order valence-corrected chi connectivity index (χ1v) is 10.2. The van der Waals surface area contributed by atoms with Crippen LogP contribution in [0, 0.1) is 0 Å². The molecule has 4 rings (SSSR count). The molecule has 0 fully saturated rings. The fraction of sp³-hybridized carbons (Fsp3) is 0.0435. The highest BCUT2D eigenvalue weighted by Crippen LogP contribution is 2.31. The van der Waals surface area contributed by atoms with Crippen molar-refractivity contribution in [1.29, 1.82) is 0 Å². The zero-order chi connectivity index (χ0) is 20.1. The van der Waals surface area contributed by atoms with Crippen molar-refractivity contribution < 1.29 is 9.53 Å². The molecule has 6 heteroatoms. The quantitative estimate of drug-likeness (QED) is 0.407. The number of aromatic nitrogens is 1. The molecule has 1 heterocycles. The summed E-state index contributed by atoms with van der Waals surface area (Å²) < 4.78 is 5.78. The maximum Gasteiger partial charge on any atom is 0.264 e. The average molecular weight is 421 g/mol. The lowest BCUT2D eigenvalue weighted by Gasteiger charge is -2.11. The fourth-order valence-corrected chi connectivity index (χ4v) is 3.83. The Hall–Kier alpha value is -3.15. The van der Waals surface area contributed by atoms with E-state index in [-0.39, 0.29) is 12.5 Å². The Morgan fingerprint density at radius 2 is 1.62 bits per heavy atom. The third-order valence-corrected chi connectivity index (χ3v) is 5.32. The van der Waals surface area contributed by atoms with Gasteiger partial charge in [0.1, 0.15) is 5.75 Å². The van der Waals surface area contributed by atoms with Crippen LogP contribution in [0.3, 0.4) is 0 Å². The zero-order valence-electron chi connectivity index (χ0n) is 15.3. The maximum absolute atomic E-state index is 12.4. The highest BCUT2D eigenvalue weighted by Gasteiger charge is 2.12. The van der Waals surface area contributed by atoms with Gasteiger partial charge in [0, 0.05) is 21.5 Å². The number of hydrogen-bond acceptors (Lipinski definition) is 4. The van der Waals surface area contributed by atoms with Gasteiger partial charge in [-0.05, 0) is 17.7 Å². The highest BCUT2D eigenvalue weighted by atomic mass is 35.5. The number of thiazole rings is 1. The molecule has 4 aromatic rings. The summed E-state index contributed by atoms with van der Waals surface area (Å²) in [6.45, 7) is -0.106. The second-order valence-corrected chi connectivity index (χ2v) is 7.48. The molecular formula is C23H17ClN2O2S. The molecule has 0 spiro atoms. The van der Waals surface area contributed by atoms with E-state index in [1.807, 2.05) is 84.2 Å². The Balaban J connectivity index is 1.41. The van der Waals surface area contributed by atoms with Crippen LogP contribution in [0.5, 0.6) is 5.75 Å². The summed E-state index contributed by atoms with van der Waals surface area (Å²) in [5.74, 6) is 0.387. The van der Waals surface area contributed by atoms with Gasteiger partial charge in [-0.15, -0.1) is 11.3 Å². The molecule has 0 bridgehead atoms. The molecule has 0 aliphatic carbocycles. The van der Waals surface area contributed by atoms with E-state index < -0.39 is 0 Å². The molecule has 0 aliphatic heterocycles. The lowest BCUT2D eigenvalue weighted by molar-refractivity contribution is -0.118. The fourth-order valence-electron chi connectivity index (χ4n) is 2.87. The number of amides is 1. The summed E-state index contributed by atoms with van der Waals surface area (Å²) in [7, 11) is 0. The van der Waals surface area contributed by atoms with Crippen molar-refractivity contribution in [2.45, 2.75) is 0 Å². The topological polar surface area (TPSA) is 51.2 Å². The molecule has 0 aliphatic rings. The normalized spacial score (nSPS) is 10.5. The van der Waals surface area contributed by atoms with Crippen LogP contribution in [0.2, 0.25) is 5.02 Å². The van der Waals surface area contributed by atoms with E-state index in [0.29, 0.717) is 15.9 Å². The van der Waals surface area contributed by atoms with E-state index in [1.54, 1.807) is 0 Å². The summed E-state index contributed by atoms with van der Waals surface area (Å²) in [4.78, 5) is 16.8. The maximum atomic E-state index is 12.4. The van der Waals surface area contributed by atoms with Gasteiger partial charge in [0.15, 0.2) is 11.7 Å². The summed E-state index contributed by atoms with van der Waals surface area (Å²) >= 11 is 7.56. The minimum atomic E-state index is -0.270. The van der Waals surface area contributed by atoms with Crippen LogP contribution >= 0.6 is 22.9 Å². The molecule has 3 aromatic carbocycles. The minimum Gasteiger partial charge on any atom is -0.483 e. The molecular weight excluding hydrogens is 404 g/mol. The van der Waals surface area contributed by atoms with Crippen molar-refractivity contribution in [3.05, 3.63) is 89.3 Å². The largest absolute Gasteiger partial charge is 0.483 e. The first kappa shape index (κ1) is 19.2. The predicted octanol–water partition coefficient (Wildman–Crippen LogP) is 6.15. The van der Waals surface area contributed by atoms with Gasteiger partial charge < -0.3 is 4.74 Å². The highest BCUT2D eigenvalue weighted by molar-refractivity contribution is 7.14. The van der Waals surface area contributed by atoms with Crippen LogP contribution in [0.1, 0.15) is 0 Å². The molecule has 0 saturated heterocycles. The van der Waals surface area contributed by atoms with Crippen molar-refractivity contribution >= 4 is 34.0 Å². The van der Waals surface area contributed by atoms with Crippen LogP contribution < -0.4 is 10.1 Å². The molecule has 0 atom stereocenters. The van der Waals surface area contributed by atoms with Gasteiger partial charge in [-0.25, -0.2) is 4.98 Å². The molecule has 1 amide bonds. The minimum absolute atomic E-state index is 0.106. The van der Waals surface area contributed by atoms with Gasteiger partial charge >= 0.3 is 0 Å². The molecule has 1 N–H and O–H groups in total. The third-order valence-electron chi connectivity index (χ3n) is 4.23. The Morgan fingerprint density at radius 1 is 0.931 bits per heavy atom. The van der Waals surface area contributed by atoms with Crippen molar-refractivity contribution in [2.24, 2.45) is 0 Å². The number of carbonyl (C=O) groups is 1. The molecule has 0 radical (unpaired) electrons. The van der Waals surface area contributed by atoms with Crippen molar-refractivity contribution in [1.82, 2.24) is 4.98 Å². The Morgan fingerprint density at radius 3 is 2.41 bits per heavy atom. The number of nitrogens with one attached hydrogen (secondary N) is 1. The van der Waals surface area contributed by atoms with E-state index in [4.69, 9.17) is 16.3 Å². The van der Waals surface area contributed by atoms with Crippen molar-refractivity contribution in [3.63, 3.8) is 0 Å². The second-order valence-electron chi connectivity index (χ2n) is 6.22. The number of para-hydroxylation sites is 1. The number of hydrogen-bond donors (Lipinski definition) is 1. The van der Waals surface area contributed by atoms with Crippen LogP contribution in [-0.4, -0.2) is 17.5 Å². The number of ether oxygens (including phenoxy) is 1. The molecule has 0 saturated carbocycles. The lowest BCUT2D eigenvalue weighted by atomic mass is 10.1. The summed E-state index contributed by atoms with van der Waals surface area (Å²) in [5, 5.41) is 5.77. The van der Waals surface area contributed by atoms with E-state index in [2.05, 4.69) is 10.3 Å². The number of halogens is 1. The first-order valence-electron chi connectivity index (χ1n) is 8.98. The SMILES string of the molecule is O=C(COc1ccccc1-c1ccccc1)Nc1nc(-c2ccccc2Cl)cs1. The number of nitrogens with zero attached hydrogens (tertiary/aromatic N) is 1. The summed E-state index contributed by atoms with van der Waals surface area (Å²) in [6, 6.07) is 25.1. The molecule has 0 unspecified atom stereocenters. The number of anilines is 1.